The summed E-state index contributed by atoms with van der Waals surface area (Å²) in [5, 5.41) is 0. The third-order valence-corrected chi connectivity index (χ3v) is 3.71. The van der Waals surface area contributed by atoms with E-state index in [1.165, 1.54) is 0 Å². The Kier molecular flexibility index (Phi) is 4.00. The topological polar surface area (TPSA) is 68.2 Å². The Bertz CT molecular complexity index is 689. The second kappa shape index (κ2) is 6.09. The van der Waals surface area contributed by atoms with Crippen LogP contribution < -0.4 is 4.74 Å². The van der Waals surface area contributed by atoms with Gasteiger partial charge in [0.1, 0.15) is 11.9 Å². The number of hydrogen-bond donors (Lipinski definition) is 0. The number of carbonyl (C=O) groups is 1. The lowest BCUT2D eigenvalue weighted by atomic mass is 10.2. The lowest BCUT2D eigenvalue weighted by Gasteiger charge is -2.17. The summed E-state index contributed by atoms with van der Waals surface area (Å²) in [6.07, 6.45) is 4.14. The normalized spacial score (nSPS) is 17.5. The van der Waals surface area contributed by atoms with E-state index in [9.17, 15) is 4.79 Å². The number of rotatable bonds is 3. The van der Waals surface area contributed by atoms with E-state index < -0.39 is 0 Å². The molecule has 0 saturated carbocycles. The molecule has 3 heterocycles. The number of aryl methyl sites for hydroxylation is 2. The molecule has 1 aliphatic rings. The van der Waals surface area contributed by atoms with Crippen molar-refractivity contribution in [1.29, 1.82) is 0 Å². The molecule has 22 heavy (non-hydrogen) atoms. The Morgan fingerprint density at radius 1 is 1.27 bits per heavy atom. The van der Waals surface area contributed by atoms with Crippen molar-refractivity contribution >= 4 is 5.91 Å². The fourth-order valence-corrected chi connectivity index (χ4v) is 2.56. The second-order valence-corrected chi connectivity index (χ2v) is 5.36. The SMILES string of the molecule is Cc1nccc(O[C@H]2CCN(C(=O)c3cccnc3C)C2)n1. The fraction of sp³-hybridized carbons (Fsp3) is 0.375. The van der Waals surface area contributed by atoms with Crippen LogP contribution in [-0.4, -0.2) is 45.0 Å². The largest absolute Gasteiger partial charge is 0.472 e. The highest BCUT2D eigenvalue weighted by atomic mass is 16.5. The fourth-order valence-electron chi connectivity index (χ4n) is 2.56. The zero-order valence-corrected chi connectivity index (χ0v) is 12.7. The van der Waals surface area contributed by atoms with Crippen molar-refractivity contribution < 1.29 is 9.53 Å². The van der Waals surface area contributed by atoms with Crippen LogP contribution >= 0.6 is 0 Å². The average Bonchev–Trinajstić information content (AvgIpc) is 2.95. The molecule has 1 fully saturated rings. The first-order valence-electron chi connectivity index (χ1n) is 7.30. The molecule has 0 aromatic carbocycles. The van der Waals surface area contributed by atoms with Crippen LogP contribution in [0.15, 0.2) is 30.6 Å². The van der Waals surface area contributed by atoms with Crippen LogP contribution in [0.25, 0.3) is 0 Å². The van der Waals surface area contributed by atoms with Crippen LogP contribution in [0.5, 0.6) is 5.88 Å². The predicted octanol–water partition coefficient (Wildman–Crippen LogP) is 1.78. The van der Waals surface area contributed by atoms with Crippen LogP contribution in [0.2, 0.25) is 0 Å². The molecule has 0 unspecified atom stereocenters. The third-order valence-electron chi connectivity index (χ3n) is 3.71. The summed E-state index contributed by atoms with van der Waals surface area (Å²) in [5.41, 5.74) is 1.41. The van der Waals surface area contributed by atoms with Gasteiger partial charge in [-0.25, -0.2) is 4.98 Å². The van der Waals surface area contributed by atoms with Crippen molar-refractivity contribution in [2.45, 2.75) is 26.4 Å². The first-order valence-corrected chi connectivity index (χ1v) is 7.30. The maximum atomic E-state index is 12.5. The van der Waals surface area contributed by atoms with Crippen LogP contribution in [0.4, 0.5) is 0 Å². The maximum Gasteiger partial charge on any atom is 0.255 e. The molecule has 0 spiro atoms. The molecule has 6 nitrogen and oxygen atoms in total. The summed E-state index contributed by atoms with van der Waals surface area (Å²) in [6, 6.07) is 5.34. The Morgan fingerprint density at radius 2 is 2.14 bits per heavy atom. The standard InChI is InChI=1S/C16H18N4O2/c1-11-14(4-3-7-17-11)16(21)20-9-6-13(10-20)22-15-5-8-18-12(2)19-15/h3-5,7-8,13H,6,9-10H2,1-2H3/t13-/m0/s1. The van der Waals surface area contributed by atoms with E-state index in [4.69, 9.17) is 4.74 Å². The molecule has 1 saturated heterocycles. The quantitative estimate of drug-likeness (QED) is 0.864. The summed E-state index contributed by atoms with van der Waals surface area (Å²) in [6.45, 7) is 4.92. The number of hydrogen-bond acceptors (Lipinski definition) is 5. The Balaban J connectivity index is 1.65. The van der Waals surface area contributed by atoms with Gasteiger partial charge in [-0.2, -0.15) is 4.98 Å². The molecule has 6 heteroatoms. The van der Waals surface area contributed by atoms with E-state index in [2.05, 4.69) is 15.0 Å². The highest BCUT2D eigenvalue weighted by Gasteiger charge is 2.29. The Labute approximate surface area is 129 Å². The van der Waals surface area contributed by atoms with Crippen molar-refractivity contribution in [2.75, 3.05) is 13.1 Å². The monoisotopic (exact) mass is 298 g/mol. The molecule has 0 aliphatic carbocycles. The summed E-state index contributed by atoms with van der Waals surface area (Å²) >= 11 is 0. The molecule has 2 aromatic rings. The van der Waals surface area contributed by atoms with Crippen molar-refractivity contribution in [3.63, 3.8) is 0 Å². The number of aromatic nitrogens is 3. The number of carbonyl (C=O) groups excluding carboxylic acids is 1. The van der Waals surface area contributed by atoms with Gasteiger partial charge in [0, 0.05) is 37.1 Å². The first-order chi connectivity index (χ1) is 10.6. The number of ether oxygens (including phenoxy) is 1. The van der Waals surface area contributed by atoms with Crippen molar-refractivity contribution in [3.8, 4) is 5.88 Å². The number of likely N-dealkylation sites (tertiary alicyclic amines) is 1. The molecular weight excluding hydrogens is 280 g/mol. The Hall–Kier alpha value is -2.50. The van der Waals surface area contributed by atoms with Gasteiger partial charge in [-0.3, -0.25) is 9.78 Å². The third kappa shape index (κ3) is 3.05. The highest BCUT2D eigenvalue weighted by Crippen LogP contribution is 2.19. The van der Waals surface area contributed by atoms with Gasteiger partial charge in [-0.1, -0.05) is 0 Å². The van der Waals surface area contributed by atoms with E-state index in [1.807, 2.05) is 24.8 Å². The molecule has 1 aliphatic heterocycles. The van der Waals surface area contributed by atoms with Crippen LogP contribution in [0, 0.1) is 13.8 Å². The lowest BCUT2D eigenvalue weighted by molar-refractivity contribution is 0.0770. The molecule has 2 aromatic heterocycles. The van der Waals surface area contributed by atoms with E-state index in [0.29, 0.717) is 30.4 Å². The maximum absolute atomic E-state index is 12.5. The Morgan fingerprint density at radius 3 is 2.91 bits per heavy atom. The van der Waals surface area contributed by atoms with Crippen LogP contribution in [-0.2, 0) is 0 Å². The molecule has 1 amide bonds. The van der Waals surface area contributed by atoms with Gasteiger partial charge in [-0.15, -0.1) is 0 Å². The molecule has 3 rings (SSSR count). The first kappa shape index (κ1) is 14.4. The van der Waals surface area contributed by atoms with Crippen molar-refractivity contribution in [3.05, 3.63) is 47.7 Å². The average molecular weight is 298 g/mol. The molecule has 0 radical (unpaired) electrons. The molecule has 0 bridgehead atoms. The zero-order chi connectivity index (χ0) is 15.5. The summed E-state index contributed by atoms with van der Waals surface area (Å²) < 4.78 is 5.84. The van der Waals surface area contributed by atoms with E-state index in [-0.39, 0.29) is 12.0 Å². The van der Waals surface area contributed by atoms with Gasteiger partial charge in [-0.05, 0) is 26.0 Å². The summed E-state index contributed by atoms with van der Waals surface area (Å²) in [5.74, 6) is 1.24. The van der Waals surface area contributed by atoms with Gasteiger partial charge in [0.25, 0.3) is 5.91 Å². The predicted molar refractivity (Wildman–Crippen MR) is 80.7 cm³/mol. The van der Waals surface area contributed by atoms with Crippen molar-refractivity contribution in [2.24, 2.45) is 0 Å². The van der Waals surface area contributed by atoms with Gasteiger partial charge >= 0.3 is 0 Å². The summed E-state index contributed by atoms with van der Waals surface area (Å²) in [7, 11) is 0. The van der Waals surface area contributed by atoms with E-state index >= 15 is 0 Å². The van der Waals surface area contributed by atoms with Gasteiger partial charge in [0.2, 0.25) is 5.88 Å². The van der Waals surface area contributed by atoms with Gasteiger partial charge < -0.3 is 9.64 Å². The number of pyridine rings is 1. The minimum atomic E-state index is -0.0322. The second-order valence-electron chi connectivity index (χ2n) is 5.36. The summed E-state index contributed by atoms with van der Waals surface area (Å²) in [4.78, 5) is 26.8. The van der Waals surface area contributed by atoms with E-state index in [0.717, 1.165) is 12.1 Å². The van der Waals surface area contributed by atoms with Crippen molar-refractivity contribution in [1.82, 2.24) is 19.9 Å². The van der Waals surface area contributed by atoms with Gasteiger partial charge in [0.15, 0.2) is 0 Å². The smallest absolute Gasteiger partial charge is 0.255 e. The van der Waals surface area contributed by atoms with E-state index in [1.54, 1.807) is 24.5 Å². The number of nitrogens with zero attached hydrogens (tertiary/aromatic N) is 4. The minimum Gasteiger partial charge on any atom is -0.472 e. The zero-order valence-electron chi connectivity index (χ0n) is 12.7. The van der Waals surface area contributed by atoms with Crippen LogP contribution in [0.1, 0.15) is 28.3 Å². The molecular formula is C16H18N4O2. The molecule has 0 N–H and O–H groups in total. The number of amides is 1. The minimum absolute atomic E-state index is 0.00979. The van der Waals surface area contributed by atoms with Crippen LogP contribution in [0.3, 0.4) is 0 Å². The lowest BCUT2D eigenvalue weighted by Crippen LogP contribution is -2.31. The highest BCUT2D eigenvalue weighted by molar-refractivity contribution is 5.95. The molecule has 1 atom stereocenters. The van der Waals surface area contributed by atoms with Gasteiger partial charge in [0.05, 0.1) is 12.1 Å². The molecule has 114 valence electrons.